The monoisotopic (exact) mass is 236 g/mol. The molecule has 0 rings (SSSR count). The molecule has 70 valence electrons. The Balaban J connectivity index is -0.000000320. The first kappa shape index (κ1) is 18.0. The predicted molar refractivity (Wildman–Crippen MR) is 39.4 cm³/mol. The van der Waals surface area contributed by atoms with Gasteiger partial charge >= 0.3 is 65.3 Å². The van der Waals surface area contributed by atoms with Gasteiger partial charge in [-0.1, -0.05) is 0 Å². The van der Waals surface area contributed by atoms with Crippen LogP contribution in [0.25, 0.3) is 0 Å². The number of hydrogen-bond donors (Lipinski definition) is 0. The Kier molecular flexibility index (Phi) is 9.34. The minimum absolute atomic E-state index is 0. The Labute approximate surface area is 90.1 Å². The van der Waals surface area contributed by atoms with Crippen molar-refractivity contribution in [3.05, 3.63) is 0 Å². The molecule has 0 aromatic heterocycles. The van der Waals surface area contributed by atoms with Crippen LogP contribution in [-0.4, -0.2) is 0 Å². The first-order valence-electron chi connectivity index (χ1n) is 3.41. The molecule has 0 aliphatic rings. The fraction of sp³-hybridized carbons (Fsp3) is 1.00. The van der Waals surface area contributed by atoms with Crippen LogP contribution < -0.4 is 24.8 Å². The molecule has 11 heavy (non-hydrogen) atoms. The average molecular weight is 237 g/mol. The third kappa shape index (κ3) is 18.2. The van der Waals surface area contributed by atoms with E-state index in [-0.39, 0.29) is 24.8 Å². The molecule has 0 radical (unpaired) electrons. The van der Waals surface area contributed by atoms with Crippen molar-refractivity contribution < 1.29 is 40.0 Å². The Morgan fingerprint density at radius 1 is 0.636 bits per heavy atom. The summed E-state index contributed by atoms with van der Waals surface area (Å²) in [5, 5.41) is 0. The molecule has 0 atom stereocenters. The molecule has 0 amide bonds. The van der Waals surface area contributed by atoms with E-state index in [0.29, 0.717) is 8.55 Å². The summed E-state index contributed by atoms with van der Waals surface area (Å²) in [4.78, 5) is 0. The summed E-state index contributed by atoms with van der Waals surface area (Å²) in [6, 6.07) is 0. The first-order valence-corrected chi connectivity index (χ1v) is 4.68. The maximum atomic E-state index is 2.32. The summed E-state index contributed by atoms with van der Waals surface area (Å²) >= 11 is 0.750. The number of rotatable bonds is 0. The van der Waals surface area contributed by atoms with E-state index in [0.717, 1.165) is 15.2 Å². The molecule has 0 aromatic rings. The van der Waals surface area contributed by atoms with E-state index in [1.54, 1.807) is 0 Å². The molecular weight excluding hydrogens is 219 g/mol. The van der Waals surface area contributed by atoms with Crippen LogP contribution in [0.5, 0.6) is 0 Å². The van der Waals surface area contributed by atoms with Crippen LogP contribution >= 0.6 is 0 Å². The van der Waals surface area contributed by atoms with E-state index < -0.39 is 0 Å². The van der Waals surface area contributed by atoms with Gasteiger partial charge in [-0.3, -0.25) is 0 Å². The molecule has 0 aromatic carbocycles. The fourth-order valence-corrected chi connectivity index (χ4v) is 3.79. The quantitative estimate of drug-likeness (QED) is 0.437. The summed E-state index contributed by atoms with van der Waals surface area (Å²) in [5.41, 5.74) is 0. The Morgan fingerprint density at radius 2 is 0.818 bits per heavy atom. The Bertz CT molecular complexity index is 77.2. The smallest absolute Gasteiger partial charge is 1.00 e. The second-order valence-corrected chi connectivity index (χ2v) is 8.47. The topological polar surface area (TPSA) is 0 Å². The van der Waals surface area contributed by atoms with Gasteiger partial charge in [-0.25, -0.2) is 0 Å². The summed E-state index contributed by atoms with van der Waals surface area (Å²) in [6.45, 7) is 13.9. The van der Waals surface area contributed by atoms with E-state index in [1.807, 2.05) is 0 Å². The number of hydrogen-bond acceptors (Lipinski definition) is 0. The molecule has 0 fully saturated rings. The van der Waals surface area contributed by atoms with Crippen LogP contribution in [0.3, 0.4) is 0 Å². The molecule has 0 aliphatic heterocycles. The summed E-state index contributed by atoms with van der Waals surface area (Å²) in [7, 11) is 0. The maximum absolute atomic E-state index is 2.32. The van der Waals surface area contributed by atoms with Crippen LogP contribution in [0.2, 0.25) is 8.55 Å². The molecule has 0 unspecified atom stereocenters. The predicted octanol–water partition coefficient (Wildman–Crippen LogP) is -2.49. The molecule has 0 aliphatic carbocycles. The fourth-order valence-electron chi connectivity index (χ4n) is 0.919. The van der Waals surface area contributed by atoms with Gasteiger partial charge in [-0.15, -0.1) is 0 Å². The molecule has 0 spiro atoms. The van der Waals surface area contributed by atoms with Crippen molar-refractivity contribution in [3.63, 3.8) is 0 Å². The van der Waals surface area contributed by atoms with Gasteiger partial charge in [-0.05, 0) is 0 Å². The van der Waals surface area contributed by atoms with Crippen molar-refractivity contribution in [2.75, 3.05) is 0 Å². The van der Waals surface area contributed by atoms with E-state index in [2.05, 4.69) is 41.5 Å². The van der Waals surface area contributed by atoms with Gasteiger partial charge in [0.05, 0.1) is 0 Å². The first-order chi connectivity index (χ1) is 3.71. The Morgan fingerprint density at radius 3 is 0.818 bits per heavy atom. The average Bonchev–Trinajstić information content (AvgIpc) is 1.14. The van der Waals surface area contributed by atoms with Gasteiger partial charge in [-0.2, -0.15) is 0 Å². The number of halogens is 2. The molecule has 0 N–H and O–H groups in total. The minimum atomic E-state index is 0. The van der Waals surface area contributed by atoms with Crippen molar-refractivity contribution in [1.29, 1.82) is 0 Å². The zero-order chi connectivity index (χ0) is 7.71. The van der Waals surface area contributed by atoms with E-state index in [4.69, 9.17) is 0 Å². The minimum Gasteiger partial charge on any atom is -1.00 e. The zero-order valence-corrected chi connectivity index (χ0v) is 11.0. The third-order valence-electron chi connectivity index (χ3n) is 0.612. The van der Waals surface area contributed by atoms with Crippen molar-refractivity contribution in [1.82, 2.24) is 0 Å². The molecule has 0 saturated heterocycles. The maximum Gasteiger partial charge on any atom is -1.00 e. The molecular formula is C8H18Cl2Cr. The van der Waals surface area contributed by atoms with Gasteiger partial charge < -0.3 is 24.8 Å². The van der Waals surface area contributed by atoms with Crippen molar-refractivity contribution in [3.8, 4) is 0 Å². The van der Waals surface area contributed by atoms with Crippen LogP contribution in [0, 0.1) is 0 Å². The van der Waals surface area contributed by atoms with Gasteiger partial charge in [0.15, 0.2) is 0 Å². The second-order valence-electron chi connectivity index (χ2n) is 4.33. The van der Waals surface area contributed by atoms with Gasteiger partial charge in [0.1, 0.15) is 0 Å². The molecule has 0 bridgehead atoms. The van der Waals surface area contributed by atoms with Crippen LogP contribution in [0.4, 0.5) is 0 Å². The van der Waals surface area contributed by atoms with Crippen molar-refractivity contribution in [2.45, 2.75) is 50.1 Å². The van der Waals surface area contributed by atoms with Crippen LogP contribution in [0.1, 0.15) is 41.5 Å². The van der Waals surface area contributed by atoms with Gasteiger partial charge in [0.25, 0.3) is 0 Å². The van der Waals surface area contributed by atoms with E-state index >= 15 is 0 Å². The zero-order valence-electron chi connectivity index (χ0n) is 8.16. The normalized spacial score (nSPS) is 11.1. The van der Waals surface area contributed by atoms with Crippen LogP contribution in [-0.2, 0) is 15.2 Å². The molecule has 0 saturated carbocycles. The SMILES string of the molecule is C[C](C)(C)[Cr+2][C](C)(C)C.[Cl-].[Cl-]. The summed E-state index contributed by atoms with van der Waals surface area (Å²) in [6.07, 6.45) is 0. The molecule has 0 heterocycles. The standard InChI is InChI=1S/2C4H9.2ClH.Cr/c2*1-4(2)3;;;/h2*1-3H3;2*1H;/q;;;;+2/p-2. The third-order valence-corrected chi connectivity index (χ3v) is 2.52. The van der Waals surface area contributed by atoms with Crippen molar-refractivity contribution in [2.24, 2.45) is 0 Å². The summed E-state index contributed by atoms with van der Waals surface area (Å²) in [5.74, 6) is 0. The van der Waals surface area contributed by atoms with Gasteiger partial charge in [0.2, 0.25) is 0 Å². The van der Waals surface area contributed by atoms with Gasteiger partial charge in [0, 0.05) is 0 Å². The largest absolute Gasteiger partial charge is 1.00 e. The van der Waals surface area contributed by atoms with E-state index in [9.17, 15) is 0 Å². The second kappa shape index (κ2) is 5.71. The molecule has 0 nitrogen and oxygen atoms in total. The van der Waals surface area contributed by atoms with Crippen molar-refractivity contribution >= 4 is 0 Å². The van der Waals surface area contributed by atoms with Crippen LogP contribution in [0.15, 0.2) is 0 Å². The summed E-state index contributed by atoms with van der Waals surface area (Å²) < 4.78 is 1.09. The molecule has 3 heteroatoms. The van der Waals surface area contributed by atoms with E-state index in [1.165, 1.54) is 0 Å². The Hall–Kier alpha value is 1.11.